The fourth-order valence-electron chi connectivity index (χ4n) is 2.40. The molecule has 0 radical (unpaired) electrons. The van der Waals surface area contributed by atoms with Gasteiger partial charge in [-0.1, -0.05) is 35.9 Å². The summed E-state index contributed by atoms with van der Waals surface area (Å²) in [6, 6.07) is 9.79. The number of alkyl halides is 3. The fraction of sp³-hybridized carbons (Fsp3) is 0.294. The lowest BCUT2D eigenvalue weighted by molar-refractivity contribution is -0.872. The Balaban J connectivity index is 2.19. The summed E-state index contributed by atoms with van der Waals surface area (Å²) in [5.74, 6) is 0. The molecule has 4 nitrogen and oxygen atoms in total. The van der Waals surface area contributed by atoms with Crippen LogP contribution >= 0.6 is 11.6 Å². The van der Waals surface area contributed by atoms with Crippen LogP contribution in [-0.4, -0.2) is 22.5 Å². The zero-order valence-electron chi connectivity index (χ0n) is 14.2. The number of quaternary nitrogens is 1. The Bertz CT molecular complexity index is 867. The van der Waals surface area contributed by atoms with Crippen LogP contribution in [-0.2, 0) is 29.3 Å². The summed E-state index contributed by atoms with van der Waals surface area (Å²) in [5.41, 5.74) is 0.434. The van der Waals surface area contributed by atoms with Crippen molar-refractivity contribution in [1.82, 2.24) is 4.72 Å². The minimum atomic E-state index is -4.83. The minimum Gasteiger partial charge on any atom is -0.336 e. The van der Waals surface area contributed by atoms with Crippen LogP contribution in [0.1, 0.15) is 16.7 Å². The van der Waals surface area contributed by atoms with Crippen LogP contribution in [0.5, 0.6) is 0 Å². The van der Waals surface area contributed by atoms with Gasteiger partial charge >= 0.3 is 6.18 Å². The number of hydrogen-bond donors (Lipinski definition) is 2. The van der Waals surface area contributed by atoms with Crippen LogP contribution < -0.4 is 9.62 Å². The Labute approximate surface area is 155 Å². The summed E-state index contributed by atoms with van der Waals surface area (Å²) in [6.07, 6.45) is -4.83. The van der Waals surface area contributed by atoms with Crippen LogP contribution in [0.3, 0.4) is 0 Å². The Morgan fingerprint density at radius 1 is 1.04 bits per heavy atom. The third-order valence-corrected chi connectivity index (χ3v) is 5.28. The third-order valence-electron chi connectivity index (χ3n) is 3.58. The standard InChI is InChI=1S/C17H18ClF3N2O2S/c1-23(2)11-13-5-3-12(4-6-13)10-22-26(24,25)16-8-7-14(18)9-15(16)17(19,20)21/h3-9,22H,10-11H2,1-2H3/p+1. The first kappa shape index (κ1) is 20.7. The molecule has 0 bridgehead atoms. The van der Waals surface area contributed by atoms with E-state index in [1.807, 2.05) is 26.2 Å². The number of nitrogens with one attached hydrogen (secondary N) is 2. The Morgan fingerprint density at radius 2 is 1.62 bits per heavy atom. The molecule has 0 saturated carbocycles. The summed E-state index contributed by atoms with van der Waals surface area (Å²) >= 11 is 5.58. The van der Waals surface area contributed by atoms with E-state index in [0.29, 0.717) is 11.6 Å². The molecule has 2 rings (SSSR count). The van der Waals surface area contributed by atoms with E-state index in [1.165, 1.54) is 4.90 Å². The first-order valence-corrected chi connectivity index (χ1v) is 9.58. The average Bonchev–Trinajstić information content (AvgIpc) is 2.52. The van der Waals surface area contributed by atoms with Crippen molar-refractivity contribution in [2.45, 2.75) is 24.2 Å². The van der Waals surface area contributed by atoms with E-state index < -0.39 is 26.7 Å². The Hall–Kier alpha value is -1.61. The number of benzene rings is 2. The van der Waals surface area contributed by atoms with Crippen molar-refractivity contribution < 1.29 is 26.5 Å². The van der Waals surface area contributed by atoms with E-state index in [9.17, 15) is 21.6 Å². The SMILES string of the molecule is C[NH+](C)Cc1ccc(CNS(=O)(=O)c2ccc(Cl)cc2C(F)(F)F)cc1. The van der Waals surface area contributed by atoms with Gasteiger partial charge in [-0.3, -0.25) is 0 Å². The van der Waals surface area contributed by atoms with Crippen molar-refractivity contribution in [2.75, 3.05) is 14.1 Å². The molecule has 0 atom stereocenters. The van der Waals surface area contributed by atoms with Gasteiger partial charge in [0.25, 0.3) is 0 Å². The van der Waals surface area contributed by atoms with Gasteiger partial charge in [0.1, 0.15) is 6.54 Å². The maximum Gasteiger partial charge on any atom is 0.417 e. The summed E-state index contributed by atoms with van der Waals surface area (Å²) in [5, 5.41) is -0.185. The van der Waals surface area contributed by atoms with Crippen molar-refractivity contribution >= 4 is 21.6 Å². The van der Waals surface area contributed by atoms with Crippen molar-refractivity contribution in [3.8, 4) is 0 Å². The van der Waals surface area contributed by atoms with E-state index in [4.69, 9.17) is 11.6 Å². The smallest absolute Gasteiger partial charge is 0.336 e. The highest BCUT2D eigenvalue weighted by atomic mass is 35.5. The molecular weight excluding hydrogens is 389 g/mol. The number of sulfonamides is 1. The van der Waals surface area contributed by atoms with Crippen LogP contribution in [0.25, 0.3) is 0 Å². The van der Waals surface area contributed by atoms with Gasteiger partial charge in [0.15, 0.2) is 0 Å². The van der Waals surface area contributed by atoms with Gasteiger partial charge in [-0.25, -0.2) is 13.1 Å². The van der Waals surface area contributed by atoms with Gasteiger partial charge < -0.3 is 4.90 Å². The van der Waals surface area contributed by atoms with Crippen LogP contribution in [0, 0.1) is 0 Å². The highest BCUT2D eigenvalue weighted by Gasteiger charge is 2.37. The van der Waals surface area contributed by atoms with Gasteiger partial charge in [0.2, 0.25) is 10.0 Å². The molecule has 0 aliphatic rings. The second kappa shape index (κ2) is 7.96. The predicted octanol–water partition coefficient (Wildman–Crippen LogP) is 2.48. The number of rotatable bonds is 6. The van der Waals surface area contributed by atoms with Gasteiger partial charge in [0, 0.05) is 17.1 Å². The molecule has 0 unspecified atom stereocenters. The van der Waals surface area contributed by atoms with E-state index in [-0.39, 0.29) is 11.6 Å². The average molecular weight is 408 g/mol. The molecule has 0 amide bonds. The molecule has 26 heavy (non-hydrogen) atoms. The second-order valence-corrected chi connectivity index (χ2v) is 8.33. The number of halogens is 4. The lowest BCUT2D eigenvalue weighted by Crippen LogP contribution is -3.04. The largest absolute Gasteiger partial charge is 0.417 e. The second-order valence-electron chi connectivity index (χ2n) is 6.16. The summed E-state index contributed by atoms with van der Waals surface area (Å²) < 4.78 is 66.2. The molecule has 2 aromatic rings. The molecule has 0 aliphatic heterocycles. The maximum atomic E-state index is 13.1. The highest BCUT2D eigenvalue weighted by molar-refractivity contribution is 7.89. The lowest BCUT2D eigenvalue weighted by Gasteiger charge is -2.14. The molecule has 2 N–H and O–H groups in total. The summed E-state index contributed by atoms with van der Waals surface area (Å²) in [7, 11) is -0.338. The fourth-order valence-corrected chi connectivity index (χ4v) is 3.79. The molecular formula is C17H19ClF3N2O2S+. The topological polar surface area (TPSA) is 50.6 Å². The molecule has 0 saturated heterocycles. The van der Waals surface area contributed by atoms with Gasteiger partial charge in [-0.05, 0) is 23.8 Å². The van der Waals surface area contributed by atoms with Crippen LogP contribution in [0.2, 0.25) is 5.02 Å². The van der Waals surface area contributed by atoms with Gasteiger partial charge in [0.05, 0.1) is 24.6 Å². The maximum absolute atomic E-state index is 13.1. The quantitative estimate of drug-likeness (QED) is 0.773. The monoisotopic (exact) mass is 407 g/mol. The molecule has 0 fully saturated rings. The molecule has 2 aromatic carbocycles. The van der Waals surface area contributed by atoms with Crippen molar-refractivity contribution in [3.05, 3.63) is 64.2 Å². The van der Waals surface area contributed by atoms with E-state index >= 15 is 0 Å². The molecule has 0 heterocycles. The number of hydrogen-bond acceptors (Lipinski definition) is 2. The van der Waals surface area contributed by atoms with Gasteiger partial charge in [-0.2, -0.15) is 13.2 Å². The summed E-state index contributed by atoms with van der Waals surface area (Å²) in [6.45, 7) is 0.698. The van der Waals surface area contributed by atoms with E-state index in [0.717, 1.165) is 24.2 Å². The predicted molar refractivity (Wildman–Crippen MR) is 93.4 cm³/mol. The molecule has 0 spiro atoms. The molecule has 0 aliphatic carbocycles. The van der Waals surface area contributed by atoms with Crippen molar-refractivity contribution in [1.29, 1.82) is 0 Å². The Morgan fingerprint density at radius 3 is 2.15 bits per heavy atom. The van der Waals surface area contributed by atoms with Gasteiger partial charge in [-0.15, -0.1) is 0 Å². The molecule has 0 aromatic heterocycles. The Kier molecular flexibility index (Phi) is 6.33. The van der Waals surface area contributed by atoms with Crippen molar-refractivity contribution in [3.63, 3.8) is 0 Å². The third kappa shape index (κ3) is 5.44. The molecule has 9 heteroatoms. The highest BCUT2D eigenvalue weighted by Crippen LogP contribution is 2.35. The van der Waals surface area contributed by atoms with Crippen LogP contribution in [0.15, 0.2) is 47.4 Å². The van der Waals surface area contributed by atoms with Crippen molar-refractivity contribution in [2.24, 2.45) is 0 Å². The summed E-state index contributed by atoms with van der Waals surface area (Å²) in [4.78, 5) is 0.392. The van der Waals surface area contributed by atoms with E-state index in [1.54, 1.807) is 12.1 Å². The first-order valence-electron chi connectivity index (χ1n) is 7.72. The zero-order valence-corrected chi connectivity index (χ0v) is 15.8. The first-order chi connectivity index (χ1) is 12.0. The van der Waals surface area contributed by atoms with Crippen LogP contribution in [0.4, 0.5) is 13.2 Å². The normalized spacial score (nSPS) is 12.6. The zero-order chi connectivity index (χ0) is 19.5. The lowest BCUT2D eigenvalue weighted by atomic mass is 10.1. The minimum absolute atomic E-state index is 0.114. The molecule has 142 valence electrons. The van der Waals surface area contributed by atoms with E-state index in [2.05, 4.69) is 4.72 Å².